The largest absolute Gasteiger partial charge is 0.455 e. The van der Waals surface area contributed by atoms with Crippen molar-refractivity contribution in [2.75, 3.05) is 5.73 Å². The summed E-state index contributed by atoms with van der Waals surface area (Å²) in [4.78, 5) is 43.5. The lowest BCUT2D eigenvalue weighted by Crippen LogP contribution is -2.24. The number of aromatic nitrogens is 1. The lowest BCUT2D eigenvalue weighted by atomic mass is 9.82. The molecule has 0 saturated carbocycles. The Kier molecular flexibility index (Phi) is 4.48. The van der Waals surface area contributed by atoms with Crippen molar-refractivity contribution >= 4 is 34.6 Å². The smallest absolute Gasteiger partial charge is 0.340 e. The van der Waals surface area contributed by atoms with Crippen LogP contribution >= 0.6 is 11.3 Å². The number of hydrogen-bond acceptors (Lipinski definition) is 8. The lowest BCUT2D eigenvalue weighted by molar-refractivity contribution is 0.0468. The number of carbonyl (C=O) groups excluding carboxylic acids is 3. The molecule has 0 amide bonds. The second-order valence-corrected chi connectivity index (χ2v) is 7.80. The molecule has 0 saturated heterocycles. The minimum Gasteiger partial charge on any atom is -0.455 e. The number of carbonyl (C=O) groups is 3. The number of anilines is 1. The van der Waals surface area contributed by atoms with Gasteiger partial charge in [0.1, 0.15) is 18.6 Å². The van der Waals surface area contributed by atoms with Crippen molar-refractivity contribution in [2.24, 2.45) is 0 Å². The molecule has 0 fully saturated rings. The predicted molar refractivity (Wildman–Crippen MR) is 113 cm³/mol. The SMILES string of the molecule is Nc1c(C(=O)OCc2coc(-c3cccs3)n2)ccc2c1C(=O)c1ccccc1C2=O. The van der Waals surface area contributed by atoms with Gasteiger partial charge in [0.15, 0.2) is 11.6 Å². The van der Waals surface area contributed by atoms with E-state index in [1.54, 1.807) is 24.3 Å². The molecule has 0 bridgehead atoms. The van der Waals surface area contributed by atoms with Crippen LogP contribution < -0.4 is 5.73 Å². The fourth-order valence-electron chi connectivity index (χ4n) is 3.49. The van der Waals surface area contributed by atoms with Gasteiger partial charge in [0.25, 0.3) is 0 Å². The van der Waals surface area contributed by atoms with Crippen LogP contribution in [0.2, 0.25) is 0 Å². The van der Waals surface area contributed by atoms with Crippen LogP contribution in [0.1, 0.15) is 47.9 Å². The monoisotopic (exact) mass is 430 g/mol. The highest BCUT2D eigenvalue weighted by molar-refractivity contribution is 7.13. The Balaban J connectivity index is 1.39. The van der Waals surface area contributed by atoms with E-state index in [0.717, 1.165) is 4.88 Å². The van der Waals surface area contributed by atoms with E-state index in [4.69, 9.17) is 14.9 Å². The normalized spacial score (nSPS) is 12.4. The summed E-state index contributed by atoms with van der Waals surface area (Å²) < 4.78 is 10.7. The number of benzene rings is 2. The van der Waals surface area contributed by atoms with Crippen molar-refractivity contribution < 1.29 is 23.5 Å². The van der Waals surface area contributed by atoms with Gasteiger partial charge in [0.05, 0.1) is 21.7 Å². The minimum absolute atomic E-state index is 0.0151. The fourth-order valence-corrected chi connectivity index (χ4v) is 4.15. The molecule has 2 N–H and O–H groups in total. The molecule has 2 aromatic carbocycles. The summed E-state index contributed by atoms with van der Waals surface area (Å²) in [5.41, 5.74) is 7.31. The second-order valence-electron chi connectivity index (χ2n) is 6.85. The van der Waals surface area contributed by atoms with Crippen LogP contribution in [0.3, 0.4) is 0 Å². The van der Waals surface area contributed by atoms with Gasteiger partial charge in [-0.05, 0) is 23.6 Å². The first-order chi connectivity index (χ1) is 15.0. The molecular formula is C23H14N2O5S. The van der Waals surface area contributed by atoms with Crippen LogP contribution in [0.15, 0.2) is 64.6 Å². The summed E-state index contributed by atoms with van der Waals surface area (Å²) in [6.45, 7) is -0.125. The maximum atomic E-state index is 12.9. The van der Waals surface area contributed by atoms with Gasteiger partial charge in [-0.25, -0.2) is 9.78 Å². The van der Waals surface area contributed by atoms with Gasteiger partial charge in [-0.2, -0.15) is 0 Å². The number of rotatable bonds is 4. The Hall–Kier alpha value is -4.04. The van der Waals surface area contributed by atoms with E-state index in [1.807, 2.05) is 17.5 Å². The van der Waals surface area contributed by atoms with Gasteiger partial charge in [0.2, 0.25) is 5.89 Å². The van der Waals surface area contributed by atoms with Gasteiger partial charge in [0, 0.05) is 16.7 Å². The molecule has 2 heterocycles. The molecule has 1 aliphatic carbocycles. The zero-order valence-electron chi connectivity index (χ0n) is 16.0. The van der Waals surface area contributed by atoms with Gasteiger partial charge >= 0.3 is 5.97 Å². The van der Waals surface area contributed by atoms with Crippen molar-refractivity contribution in [1.82, 2.24) is 4.98 Å². The van der Waals surface area contributed by atoms with E-state index < -0.39 is 11.8 Å². The van der Waals surface area contributed by atoms with Crippen molar-refractivity contribution in [1.29, 1.82) is 0 Å². The van der Waals surface area contributed by atoms with Gasteiger partial charge in [-0.1, -0.05) is 30.3 Å². The molecule has 0 aliphatic heterocycles. The quantitative estimate of drug-likeness (QED) is 0.337. The molecule has 152 valence electrons. The zero-order valence-corrected chi connectivity index (χ0v) is 16.8. The summed E-state index contributed by atoms with van der Waals surface area (Å²) in [7, 11) is 0. The number of hydrogen-bond donors (Lipinski definition) is 1. The molecule has 0 atom stereocenters. The van der Waals surface area contributed by atoms with Crippen LogP contribution in [0.5, 0.6) is 0 Å². The van der Waals surface area contributed by atoms with Crippen molar-refractivity contribution in [3.63, 3.8) is 0 Å². The van der Waals surface area contributed by atoms with E-state index in [1.165, 1.54) is 29.7 Å². The van der Waals surface area contributed by atoms with Crippen molar-refractivity contribution in [3.8, 4) is 10.8 Å². The molecule has 7 nitrogen and oxygen atoms in total. The van der Waals surface area contributed by atoms with E-state index in [2.05, 4.69) is 4.98 Å². The van der Waals surface area contributed by atoms with Gasteiger partial charge in [-0.15, -0.1) is 11.3 Å². The Bertz CT molecular complexity index is 1350. The predicted octanol–water partition coefficient (Wildman–Crippen LogP) is 4.12. The van der Waals surface area contributed by atoms with Gasteiger partial charge in [-0.3, -0.25) is 9.59 Å². The Labute approximate surface area is 180 Å². The van der Waals surface area contributed by atoms with E-state index >= 15 is 0 Å². The minimum atomic E-state index is -0.722. The van der Waals surface area contributed by atoms with E-state index in [0.29, 0.717) is 17.1 Å². The van der Waals surface area contributed by atoms with Gasteiger partial charge < -0.3 is 14.9 Å². The molecule has 4 aromatic rings. The number of nitrogen functional groups attached to an aromatic ring is 1. The first kappa shape index (κ1) is 19.0. The highest BCUT2D eigenvalue weighted by Crippen LogP contribution is 2.33. The standard InChI is InChI=1S/C23H14N2O5S/c24-19-16(23(28)30-11-12-10-29-22(25-12)17-6-3-9-31-17)8-7-15-18(19)21(27)14-5-2-1-4-13(14)20(15)26/h1-10H,11,24H2. The summed E-state index contributed by atoms with van der Waals surface area (Å²) in [5, 5.41) is 1.91. The average molecular weight is 430 g/mol. The average Bonchev–Trinajstić information content (AvgIpc) is 3.47. The molecule has 0 unspecified atom stereocenters. The molecule has 8 heteroatoms. The first-order valence-corrected chi connectivity index (χ1v) is 10.2. The molecule has 1 aliphatic rings. The number of thiophene rings is 1. The summed E-state index contributed by atoms with van der Waals surface area (Å²) in [6.07, 6.45) is 1.41. The highest BCUT2D eigenvalue weighted by atomic mass is 32.1. The molecule has 0 spiro atoms. The van der Waals surface area contributed by atoms with E-state index in [9.17, 15) is 14.4 Å². The number of ketones is 2. The van der Waals surface area contributed by atoms with Crippen LogP contribution in [-0.4, -0.2) is 22.5 Å². The third-order valence-corrected chi connectivity index (χ3v) is 5.85. The summed E-state index contributed by atoms with van der Waals surface area (Å²) >= 11 is 1.48. The van der Waals surface area contributed by atoms with Crippen molar-refractivity contribution in [3.05, 3.63) is 93.7 Å². The topological polar surface area (TPSA) is 112 Å². The number of nitrogens with zero attached hydrogens (tertiary/aromatic N) is 1. The molecule has 0 radical (unpaired) electrons. The summed E-state index contributed by atoms with van der Waals surface area (Å²) in [6, 6.07) is 13.1. The lowest BCUT2D eigenvalue weighted by Gasteiger charge is -2.20. The fraction of sp³-hybridized carbons (Fsp3) is 0.0435. The number of oxazole rings is 1. The number of nitrogens with two attached hydrogens (primary N) is 1. The maximum absolute atomic E-state index is 12.9. The van der Waals surface area contributed by atoms with E-state index in [-0.39, 0.29) is 40.3 Å². The first-order valence-electron chi connectivity index (χ1n) is 9.31. The molecular weight excluding hydrogens is 416 g/mol. The summed E-state index contributed by atoms with van der Waals surface area (Å²) in [5.74, 6) is -0.979. The number of esters is 1. The number of fused-ring (bicyclic) bond motifs is 2. The Morgan fingerprint density at radius 3 is 2.52 bits per heavy atom. The van der Waals surface area contributed by atoms with Crippen LogP contribution in [0.25, 0.3) is 10.8 Å². The molecule has 31 heavy (non-hydrogen) atoms. The third kappa shape index (κ3) is 3.13. The Morgan fingerprint density at radius 2 is 1.77 bits per heavy atom. The molecule has 2 aromatic heterocycles. The van der Waals surface area contributed by atoms with Crippen LogP contribution in [0.4, 0.5) is 5.69 Å². The van der Waals surface area contributed by atoms with Crippen LogP contribution in [-0.2, 0) is 11.3 Å². The highest BCUT2D eigenvalue weighted by Gasteiger charge is 2.33. The Morgan fingerprint density at radius 1 is 1.00 bits per heavy atom. The number of ether oxygens (including phenoxy) is 1. The van der Waals surface area contributed by atoms with Crippen LogP contribution in [0, 0.1) is 0 Å². The zero-order chi connectivity index (χ0) is 21.5. The maximum Gasteiger partial charge on any atom is 0.340 e. The second kappa shape index (κ2) is 7.33. The molecule has 5 rings (SSSR count). The van der Waals surface area contributed by atoms with Crippen molar-refractivity contribution in [2.45, 2.75) is 6.61 Å². The third-order valence-electron chi connectivity index (χ3n) is 4.99.